The highest BCUT2D eigenvalue weighted by molar-refractivity contribution is 5.92. The minimum Gasteiger partial charge on any atom is -0.495 e. The van der Waals surface area contributed by atoms with Crippen molar-refractivity contribution < 1.29 is 27.1 Å². The molecular formula is C24H31F4N3O2. The smallest absolute Gasteiger partial charge is 0.389 e. The molecule has 0 aliphatic heterocycles. The van der Waals surface area contributed by atoms with E-state index in [4.69, 9.17) is 4.74 Å². The van der Waals surface area contributed by atoms with Crippen LogP contribution < -0.4 is 10.1 Å². The monoisotopic (exact) mass is 469 g/mol. The van der Waals surface area contributed by atoms with E-state index in [2.05, 4.69) is 17.2 Å². The van der Waals surface area contributed by atoms with E-state index in [1.807, 2.05) is 0 Å². The van der Waals surface area contributed by atoms with Gasteiger partial charge in [0.25, 0.3) is 5.91 Å². The molecule has 1 aliphatic carbocycles. The van der Waals surface area contributed by atoms with Crippen LogP contribution in [0.15, 0.2) is 18.2 Å². The van der Waals surface area contributed by atoms with Gasteiger partial charge in [-0.25, -0.2) is 4.98 Å². The molecule has 182 valence electrons. The van der Waals surface area contributed by atoms with Gasteiger partial charge in [-0.2, -0.15) is 17.6 Å². The maximum absolute atomic E-state index is 15.4. The Morgan fingerprint density at radius 1 is 1.24 bits per heavy atom. The highest BCUT2D eigenvalue weighted by atomic mass is 19.4. The highest BCUT2D eigenvalue weighted by Crippen LogP contribution is 2.31. The molecular weight excluding hydrogens is 438 g/mol. The molecule has 33 heavy (non-hydrogen) atoms. The van der Waals surface area contributed by atoms with E-state index >= 15 is 4.39 Å². The van der Waals surface area contributed by atoms with Crippen molar-refractivity contribution in [1.82, 2.24) is 14.9 Å². The number of aryl methyl sites for hydroxylation is 2. The average molecular weight is 470 g/mol. The second-order valence-electron chi connectivity index (χ2n) is 8.81. The van der Waals surface area contributed by atoms with E-state index < -0.39 is 24.5 Å². The number of carbonyl (C=O) groups is 1. The van der Waals surface area contributed by atoms with Gasteiger partial charge in [-0.15, -0.1) is 0 Å². The molecule has 3 rings (SSSR count). The Kier molecular flexibility index (Phi) is 8.02. The predicted octanol–water partition coefficient (Wildman–Crippen LogP) is 5.63. The van der Waals surface area contributed by atoms with Gasteiger partial charge in [-0.3, -0.25) is 9.36 Å². The first-order valence-electron chi connectivity index (χ1n) is 11.4. The average Bonchev–Trinajstić information content (AvgIpc) is 3.12. The Balaban J connectivity index is 1.81. The topological polar surface area (TPSA) is 56.2 Å². The van der Waals surface area contributed by atoms with E-state index in [-0.39, 0.29) is 23.6 Å². The fraction of sp³-hybridized carbons (Fsp3) is 0.583. The molecule has 1 amide bonds. The lowest BCUT2D eigenvalue weighted by molar-refractivity contribution is -0.134. The van der Waals surface area contributed by atoms with Gasteiger partial charge < -0.3 is 10.1 Å². The number of nitrogens with one attached hydrogen (secondary N) is 1. The molecule has 2 aromatic rings. The Bertz CT molecular complexity index is 963. The number of amides is 1. The molecule has 0 bridgehead atoms. The summed E-state index contributed by atoms with van der Waals surface area (Å²) in [6.07, 6.45) is -0.753. The summed E-state index contributed by atoms with van der Waals surface area (Å²) in [6, 6.07) is 4.47. The van der Waals surface area contributed by atoms with Gasteiger partial charge in [-0.1, -0.05) is 32.8 Å². The maximum Gasteiger partial charge on any atom is 0.389 e. The fourth-order valence-electron chi connectivity index (χ4n) is 4.27. The summed E-state index contributed by atoms with van der Waals surface area (Å²) in [4.78, 5) is 16.9. The van der Waals surface area contributed by atoms with Gasteiger partial charge in [0.1, 0.15) is 11.6 Å². The normalized spacial score (nSPS) is 18.9. The van der Waals surface area contributed by atoms with E-state index in [1.54, 1.807) is 6.92 Å². The van der Waals surface area contributed by atoms with Crippen molar-refractivity contribution in [2.24, 2.45) is 11.8 Å². The minimum atomic E-state index is -4.27. The molecule has 1 saturated carbocycles. The second-order valence-corrected chi connectivity index (χ2v) is 8.81. The first-order valence-corrected chi connectivity index (χ1v) is 11.4. The summed E-state index contributed by atoms with van der Waals surface area (Å²) >= 11 is 0. The third-order valence-corrected chi connectivity index (χ3v) is 6.29. The zero-order valence-corrected chi connectivity index (χ0v) is 19.3. The molecule has 9 heteroatoms. The van der Waals surface area contributed by atoms with Gasteiger partial charge in [0, 0.05) is 19.4 Å². The number of benzene rings is 1. The lowest BCUT2D eigenvalue weighted by atomic mass is 9.83. The van der Waals surface area contributed by atoms with Crippen molar-refractivity contribution in [3.63, 3.8) is 0 Å². The van der Waals surface area contributed by atoms with Crippen molar-refractivity contribution in [3.8, 4) is 11.4 Å². The molecule has 1 fully saturated rings. The highest BCUT2D eigenvalue weighted by Gasteiger charge is 2.28. The molecule has 0 spiro atoms. The zero-order chi connectivity index (χ0) is 24.2. The summed E-state index contributed by atoms with van der Waals surface area (Å²) in [6.45, 7) is 4.49. The molecule has 1 aromatic heterocycles. The molecule has 0 atom stereocenters. The largest absolute Gasteiger partial charge is 0.495 e. The van der Waals surface area contributed by atoms with Crippen LogP contribution in [0.3, 0.4) is 0 Å². The zero-order valence-electron chi connectivity index (χ0n) is 19.3. The molecule has 1 N–H and O–H groups in total. The molecule has 0 radical (unpaired) electrons. The number of carbonyl (C=O) groups excluding carboxylic acids is 1. The summed E-state index contributed by atoms with van der Waals surface area (Å²) in [5.41, 5.74) is 0.418. The van der Waals surface area contributed by atoms with Gasteiger partial charge in [-0.05, 0) is 48.8 Å². The Morgan fingerprint density at radius 3 is 2.55 bits per heavy atom. The Hall–Kier alpha value is -2.58. The van der Waals surface area contributed by atoms with Crippen LogP contribution in [0.4, 0.5) is 17.6 Å². The summed E-state index contributed by atoms with van der Waals surface area (Å²) in [5, 5.41) is 2.82. The van der Waals surface area contributed by atoms with Gasteiger partial charge >= 0.3 is 6.18 Å². The Labute approximate surface area is 191 Å². The predicted molar refractivity (Wildman–Crippen MR) is 117 cm³/mol. The number of aromatic nitrogens is 2. The van der Waals surface area contributed by atoms with E-state index in [1.165, 1.54) is 29.9 Å². The number of imidazole rings is 1. The first-order chi connectivity index (χ1) is 15.6. The molecule has 1 aliphatic rings. The van der Waals surface area contributed by atoms with E-state index in [9.17, 15) is 18.0 Å². The molecule has 1 aromatic carbocycles. The third kappa shape index (κ3) is 6.26. The summed E-state index contributed by atoms with van der Waals surface area (Å²) in [5.74, 6) is 0.232. The van der Waals surface area contributed by atoms with Gasteiger partial charge in [0.15, 0.2) is 5.69 Å². The van der Waals surface area contributed by atoms with Gasteiger partial charge in [0.05, 0.1) is 12.8 Å². The number of alkyl halides is 3. The standard InChI is InChI=1S/C24H31F4N3O2/c1-4-20-30-21(23(32)29-14-17-7-5-15(2)6-8-17)22(25)31(20)18-10-9-16(13-19(18)33-3)11-12-24(26,27)28/h9-10,13,15,17H,4-8,11-12,14H2,1-3H3,(H,29,32). The molecule has 0 unspecified atom stereocenters. The SMILES string of the molecule is CCc1nc(C(=O)NCC2CCC(C)CC2)c(F)n1-c1ccc(CCC(F)(F)F)cc1OC. The number of hydrogen-bond acceptors (Lipinski definition) is 3. The van der Waals surface area contributed by atoms with E-state index in [0.717, 1.165) is 25.7 Å². The summed E-state index contributed by atoms with van der Waals surface area (Å²) < 4.78 is 59.6. The van der Waals surface area contributed by atoms with Crippen LogP contribution in [0.25, 0.3) is 5.69 Å². The quantitative estimate of drug-likeness (QED) is 0.510. The lowest BCUT2D eigenvalue weighted by Crippen LogP contribution is -2.31. The van der Waals surface area contributed by atoms with Crippen LogP contribution >= 0.6 is 0 Å². The fourth-order valence-corrected chi connectivity index (χ4v) is 4.27. The molecule has 1 heterocycles. The first kappa shape index (κ1) is 25.1. The second kappa shape index (κ2) is 10.6. The van der Waals surface area contributed by atoms with Crippen molar-refractivity contribution >= 4 is 5.91 Å². The van der Waals surface area contributed by atoms with Crippen LogP contribution in [-0.4, -0.2) is 35.3 Å². The molecule has 0 saturated heterocycles. The number of hydrogen-bond donors (Lipinski definition) is 1. The third-order valence-electron chi connectivity index (χ3n) is 6.29. The number of halogens is 4. The van der Waals surface area contributed by atoms with Crippen molar-refractivity contribution in [3.05, 3.63) is 41.2 Å². The number of nitrogens with zero attached hydrogens (tertiary/aromatic N) is 2. The number of ether oxygens (including phenoxy) is 1. The van der Waals surface area contributed by atoms with Gasteiger partial charge in [0.2, 0.25) is 5.95 Å². The van der Waals surface area contributed by atoms with E-state index in [0.29, 0.717) is 36.2 Å². The maximum atomic E-state index is 15.4. The van der Waals surface area contributed by atoms with Crippen LogP contribution in [0.1, 0.15) is 67.8 Å². The molecule has 5 nitrogen and oxygen atoms in total. The van der Waals surface area contributed by atoms with Crippen LogP contribution in [0.2, 0.25) is 0 Å². The number of methoxy groups -OCH3 is 1. The summed E-state index contributed by atoms with van der Waals surface area (Å²) in [7, 11) is 1.37. The Morgan fingerprint density at radius 2 is 1.94 bits per heavy atom. The van der Waals surface area contributed by atoms with Crippen molar-refractivity contribution in [2.45, 2.75) is 65.0 Å². The van der Waals surface area contributed by atoms with Crippen LogP contribution in [0, 0.1) is 17.8 Å². The minimum absolute atomic E-state index is 0.208. The number of rotatable bonds is 8. The van der Waals surface area contributed by atoms with Crippen molar-refractivity contribution in [2.75, 3.05) is 13.7 Å². The lowest BCUT2D eigenvalue weighted by Gasteiger charge is -2.26. The van der Waals surface area contributed by atoms with Crippen LogP contribution in [-0.2, 0) is 12.8 Å². The van der Waals surface area contributed by atoms with Crippen LogP contribution in [0.5, 0.6) is 5.75 Å². The van der Waals surface area contributed by atoms with Crippen molar-refractivity contribution in [1.29, 1.82) is 0 Å².